The van der Waals surface area contributed by atoms with Crippen LogP contribution in [0.5, 0.6) is 17.2 Å². The average Bonchev–Trinajstić information content (AvgIpc) is 3.40. The summed E-state index contributed by atoms with van der Waals surface area (Å²) in [5, 5.41) is 0. The van der Waals surface area contributed by atoms with Gasteiger partial charge in [-0.2, -0.15) is 0 Å². The third-order valence-electron chi connectivity index (χ3n) is 8.62. The maximum absolute atomic E-state index is 13.0. The molecule has 0 amide bonds. The van der Waals surface area contributed by atoms with E-state index >= 15 is 0 Å². The fourth-order valence-corrected chi connectivity index (χ4v) is 6.00. The van der Waals surface area contributed by atoms with Crippen molar-refractivity contribution in [3.05, 3.63) is 102 Å². The van der Waals surface area contributed by atoms with Gasteiger partial charge in [-0.25, -0.2) is 14.4 Å². The zero-order valence-electron chi connectivity index (χ0n) is 28.3. The normalized spacial score (nSPS) is 14.8. The van der Waals surface area contributed by atoms with Crippen LogP contribution in [0.25, 0.3) is 11.1 Å². The molecule has 1 fully saturated rings. The van der Waals surface area contributed by atoms with Gasteiger partial charge in [-0.1, -0.05) is 38.6 Å². The molecule has 10 heteroatoms. The van der Waals surface area contributed by atoms with E-state index in [1.54, 1.807) is 30.3 Å². The molecule has 2 aliphatic rings. The Kier molecular flexibility index (Phi) is 12.4. The van der Waals surface area contributed by atoms with Crippen molar-refractivity contribution in [2.24, 2.45) is 0 Å². The number of carbonyl (C=O) groups is 4. The van der Waals surface area contributed by atoms with Crippen LogP contribution in [-0.2, 0) is 28.6 Å². The zero-order valence-corrected chi connectivity index (χ0v) is 28.3. The molecule has 3 aromatic rings. The number of rotatable bonds is 16. The SMILES string of the molecule is C=CC(=O)OCCOc1ccc(OC(=O)c2ccc3c(c2)C(C)c2cc(OCCCOC(=O)C(=C)CC(=O)OC4CCCCC4)ccc2-3)cc1. The lowest BCUT2D eigenvalue weighted by atomic mass is 9.98. The Balaban J connectivity index is 1.05. The number of carbonyl (C=O) groups excluding carboxylic acids is 4. The summed E-state index contributed by atoms with van der Waals surface area (Å²) >= 11 is 0. The quantitative estimate of drug-likeness (QED) is 0.0501. The van der Waals surface area contributed by atoms with Gasteiger partial charge in [-0.3, -0.25) is 4.79 Å². The van der Waals surface area contributed by atoms with Gasteiger partial charge in [0.1, 0.15) is 36.6 Å². The molecule has 1 saturated carbocycles. The Labute approximate surface area is 292 Å². The van der Waals surface area contributed by atoms with Crippen LogP contribution in [0.4, 0.5) is 0 Å². The molecule has 0 radical (unpaired) electrons. The van der Waals surface area contributed by atoms with Gasteiger partial charge in [-0.05, 0) is 96.5 Å². The topological polar surface area (TPSA) is 124 Å². The van der Waals surface area contributed by atoms with Crippen molar-refractivity contribution in [2.45, 2.75) is 63.9 Å². The van der Waals surface area contributed by atoms with Gasteiger partial charge in [0, 0.05) is 24.0 Å². The molecular weight excluding hydrogens is 640 g/mol. The maximum Gasteiger partial charge on any atom is 0.343 e. The van der Waals surface area contributed by atoms with Crippen molar-refractivity contribution in [3.8, 4) is 28.4 Å². The van der Waals surface area contributed by atoms with E-state index in [1.165, 1.54) is 0 Å². The van der Waals surface area contributed by atoms with E-state index in [0.717, 1.165) is 60.4 Å². The number of hydrogen-bond acceptors (Lipinski definition) is 10. The van der Waals surface area contributed by atoms with E-state index < -0.39 is 23.9 Å². The van der Waals surface area contributed by atoms with E-state index in [9.17, 15) is 19.2 Å². The van der Waals surface area contributed by atoms with E-state index in [1.807, 2.05) is 30.3 Å². The highest BCUT2D eigenvalue weighted by Crippen LogP contribution is 2.46. The molecule has 2 aliphatic carbocycles. The van der Waals surface area contributed by atoms with Gasteiger partial charge in [0.2, 0.25) is 0 Å². The van der Waals surface area contributed by atoms with Crippen LogP contribution in [0.1, 0.15) is 79.3 Å². The first kappa shape index (κ1) is 35.9. The summed E-state index contributed by atoms with van der Waals surface area (Å²) in [4.78, 5) is 48.6. The minimum absolute atomic E-state index is 0.0234. The molecule has 0 bridgehead atoms. The molecule has 1 atom stereocenters. The molecule has 10 nitrogen and oxygen atoms in total. The second-order valence-corrected chi connectivity index (χ2v) is 12.2. The fraction of sp³-hybridized carbons (Fsp3) is 0.350. The Morgan fingerprint density at radius 1 is 0.760 bits per heavy atom. The van der Waals surface area contributed by atoms with E-state index in [4.69, 9.17) is 28.4 Å². The Bertz CT molecular complexity index is 1720. The molecule has 5 rings (SSSR count). The van der Waals surface area contributed by atoms with Gasteiger partial charge in [0.05, 0.1) is 25.2 Å². The van der Waals surface area contributed by atoms with Gasteiger partial charge in [0.25, 0.3) is 0 Å². The smallest absolute Gasteiger partial charge is 0.343 e. The van der Waals surface area contributed by atoms with Gasteiger partial charge < -0.3 is 28.4 Å². The first-order chi connectivity index (χ1) is 24.2. The lowest BCUT2D eigenvalue weighted by Crippen LogP contribution is -2.22. The third-order valence-corrected chi connectivity index (χ3v) is 8.62. The van der Waals surface area contributed by atoms with Crippen LogP contribution >= 0.6 is 0 Å². The molecule has 1 unspecified atom stereocenters. The first-order valence-corrected chi connectivity index (χ1v) is 16.9. The lowest BCUT2D eigenvalue weighted by Gasteiger charge is -2.21. The van der Waals surface area contributed by atoms with Crippen molar-refractivity contribution < 1.29 is 47.6 Å². The number of hydrogen-bond donors (Lipinski definition) is 0. The summed E-state index contributed by atoms with van der Waals surface area (Å²) in [5.74, 6) is -0.417. The second kappa shape index (κ2) is 17.3. The predicted octanol–water partition coefficient (Wildman–Crippen LogP) is 7.28. The van der Waals surface area contributed by atoms with Gasteiger partial charge in [-0.15, -0.1) is 0 Å². The summed E-state index contributed by atoms with van der Waals surface area (Å²) in [6.07, 6.45) is 6.32. The minimum atomic E-state index is -0.608. The zero-order chi connectivity index (χ0) is 35.5. The average molecular weight is 683 g/mol. The highest BCUT2D eigenvalue weighted by Gasteiger charge is 2.27. The molecule has 0 spiro atoms. The van der Waals surface area contributed by atoms with Crippen LogP contribution in [-0.4, -0.2) is 56.4 Å². The van der Waals surface area contributed by atoms with E-state index in [0.29, 0.717) is 35.8 Å². The number of esters is 4. The summed E-state index contributed by atoms with van der Waals surface area (Å²) in [6, 6.07) is 18.1. The summed E-state index contributed by atoms with van der Waals surface area (Å²) in [6.45, 7) is 9.85. The number of ether oxygens (including phenoxy) is 6. The second-order valence-electron chi connectivity index (χ2n) is 12.2. The Morgan fingerprint density at radius 2 is 1.42 bits per heavy atom. The fourth-order valence-electron chi connectivity index (χ4n) is 6.00. The van der Waals surface area contributed by atoms with Crippen molar-refractivity contribution >= 4 is 23.9 Å². The summed E-state index contributed by atoms with van der Waals surface area (Å²) < 4.78 is 32.7. The predicted molar refractivity (Wildman–Crippen MR) is 185 cm³/mol. The molecule has 0 aliphatic heterocycles. The standard InChI is InChI=1S/C40H42O10/c1-4-37(41)47-22-21-46-29-12-14-31(15-13-29)50-40(44)28-11-17-33-34-18-16-32(25-36(34)27(3)35(33)24-28)45-19-8-20-48-39(43)26(2)23-38(42)49-30-9-6-5-7-10-30/h4,11-18,24-25,27,30H,1-2,5-10,19-23H2,3H3. The molecule has 3 aromatic carbocycles. The lowest BCUT2D eigenvalue weighted by molar-refractivity contribution is -0.151. The Morgan fingerprint density at radius 3 is 2.16 bits per heavy atom. The van der Waals surface area contributed by atoms with E-state index in [-0.39, 0.29) is 43.8 Å². The molecule has 0 N–H and O–H groups in total. The van der Waals surface area contributed by atoms with Crippen molar-refractivity contribution in [3.63, 3.8) is 0 Å². The third kappa shape index (κ3) is 9.62. The number of benzene rings is 3. The largest absolute Gasteiger partial charge is 0.493 e. The monoisotopic (exact) mass is 682 g/mol. The first-order valence-electron chi connectivity index (χ1n) is 16.9. The van der Waals surface area contributed by atoms with Crippen molar-refractivity contribution in [1.82, 2.24) is 0 Å². The van der Waals surface area contributed by atoms with Crippen LogP contribution in [0.3, 0.4) is 0 Å². The molecule has 0 aromatic heterocycles. The molecule has 262 valence electrons. The van der Waals surface area contributed by atoms with Crippen LogP contribution in [0.15, 0.2) is 85.5 Å². The summed E-state index contributed by atoms with van der Waals surface area (Å²) in [5.41, 5.74) is 4.73. The van der Waals surface area contributed by atoms with Gasteiger partial charge >= 0.3 is 23.9 Å². The van der Waals surface area contributed by atoms with Crippen molar-refractivity contribution in [2.75, 3.05) is 26.4 Å². The summed E-state index contributed by atoms with van der Waals surface area (Å²) in [7, 11) is 0. The molecule has 0 heterocycles. The van der Waals surface area contributed by atoms with Gasteiger partial charge in [0.15, 0.2) is 0 Å². The minimum Gasteiger partial charge on any atom is -0.493 e. The van der Waals surface area contributed by atoms with Crippen LogP contribution in [0.2, 0.25) is 0 Å². The van der Waals surface area contributed by atoms with Crippen molar-refractivity contribution in [1.29, 1.82) is 0 Å². The number of fused-ring (bicyclic) bond motifs is 3. The molecular formula is C40H42O10. The van der Waals surface area contributed by atoms with Crippen LogP contribution in [0, 0.1) is 0 Å². The highest BCUT2D eigenvalue weighted by molar-refractivity contribution is 5.94. The van der Waals surface area contributed by atoms with Crippen LogP contribution < -0.4 is 14.2 Å². The Hall–Kier alpha value is -5.38. The molecule has 50 heavy (non-hydrogen) atoms. The maximum atomic E-state index is 13.0. The molecule has 0 saturated heterocycles. The highest BCUT2D eigenvalue weighted by atomic mass is 16.6. The van der Waals surface area contributed by atoms with E-state index in [2.05, 4.69) is 20.1 Å².